The lowest BCUT2D eigenvalue weighted by Crippen LogP contribution is -2.29. The van der Waals surface area contributed by atoms with Crippen molar-refractivity contribution in [1.29, 1.82) is 0 Å². The van der Waals surface area contributed by atoms with Crippen LogP contribution in [-0.2, 0) is 4.84 Å². The summed E-state index contributed by atoms with van der Waals surface area (Å²) in [5.41, 5.74) is 0. The summed E-state index contributed by atoms with van der Waals surface area (Å²) in [5.74, 6) is -0.207. The van der Waals surface area contributed by atoms with E-state index >= 15 is 0 Å². The van der Waals surface area contributed by atoms with Crippen LogP contribution in [-0.4, -0.2) is 23.3 Å². The van der Waals surface area contributed by atoms with E-state index in [4.69, 9.17) is 9.94 Å². The lowest BCUT2D eigenvalue weighted by Gasteiger charge is -2.24. The predicted octanol–water partition coefficient (Wildman–Crippen LogP) is 1.43. The molecule has 0 aliphatic carbocycles. The smallest absolute Gasteiger partial charge is 0.289 e. The highest BCUT2D eigenvalue weighted by atomic mass is 16.7. The Balaban J connectivity index is 2.19. The molecule has 0 bridgehead atoms. The van der Waals surface area contributed by atoms with Crippen LogP contribution in [0.1, 0.15) is 19.3 Å². The second-order valence-corrected chi connectivity index (χ2v) is 2.47. The van der Waals surface area contributed by atoms with Crippen molar-refractivity contribution in [3.63, 3.8) is 0 Å². The molecule has 10 heavy (non-hydrogen) atoms. The minimum absolute atomic E-state index is 0.207. The van der Waals surface area contributed by atoms with E-state index in [1.165, 1.54) is 6.42 Å². The van der Waals surface area contributed by atoms with Gasteiger partial charge in [0.15, 0.2) is 0 Å². The molecule has 0 amide bonds. The fourth-order valence-electron chi connectivity index (χ4n) is 1.11. The van der Waals surface area contributed by atoms with Crippen molar-refractivity contribution in [3.8, 4) is 0 Å². The minimum atomic E-state index is -0.207. The molecule has 1 fully saturated rings. The molecule has 0 aromatic heterocycles. The van der Waals surface area contributed by atoms with Crippen LogP contribution < -0.4 is 0 Å². The molecule has 0 radical (unpaired) electrons. The highest BCUT2D eigenvalue weighted by Gasteiger charge is 2.10. The van der Waals surface area contributed by atoms with Crippen LogP contribution in [0, 0.1) is 0 Å². The van der Waals surface area contributed by atoms with Gasteiger partial charge in [-0.2, -0.15) is 0 Å². The Morgan fingerprint density at radius 2 is 1.90 bits per heavy atom. The molecule has 0 spiro atoms. The van der Waals surface area contributed by atoms with Gasteiger partial charge in [-0.15, -0.1) is 5.06 Å². The van der Waals surface area contributed by atoms with Crippen molar-refractivity contribution >= 4 is 0 Å². The van der Waals surface area contributed by atoms with E-state index in [9.17, 15) is 0 Å². The fraction of sp³-hybridized carbons (Fsp3) is 0.714. The molecule has 1 rings (SSSR count). The largest absolute Gasteiger partial charge is 0.480 e. The van der Waals surface area contributed by atoms with E-state index in [2.05, 4.69) is 6.58 Å². The number of rotatable bonds is 2. The maximum atomic E-state index is 8.65. The fourth-order valence-corrected chi connectivity index (χ4v) is 1.11. The number of aliphatic hydroxyl groups is 1. The van der Waals surface area contributed by atoms with Crippen LogP contribution in [0.4, 0.5) is 0 Å². The van der Waals surface area contributed by atoms with Gasteiger partial charge in [-0.05, 0) is 19.4 Å². The van der Waals surface area contributed by atoms with Gasteiger partial charge in [-0.25, -0.2) is 0 Å². The van der Waals surface area contributed by atoms with Crippen LogP contribution in [0.25, 0.3) is 0 Å². The summed E-state index contributed by atoms with van der Waals surface area (Å²) in [6.07, 6.45) is 3.55. The van der Waals surface area contributed by atoms with E-state index < -0.39 is 0 Å². The summed E-state index contributed by atoms with van der Waals surface area (Å²) < 4.78 is 0. The van der Waals surface area contributed by atoms with E-state index in [0.717, 1.165) is 25.9 Å². The Morgan fingerprint density at radius 1 is 1.30 bits per heavy atom. The summed E-state index contributed by atoms with van der Waals surface area (Å²) in [4.78, 5) is 4.89. The number of hydrogen-bond donors (Lipinski definition) is 1. The zero-order valence-electron chi connectivity index (χ0n) is 6.05. The maximum Gasteiger partial charge on any atom is 0.289 e. The van der Waals surface area contributed by atoms with Crippen molar-refractivity contribution in [3.05, 3.63) is 12.5 Å². The number of nitrogens with zero attached hydrogens (tertiary/aromatic N) is 1. The number of hydroxylamine groups is 2. The van der Waals surface area contributed by atoms with Crippen molar-refractivity contribution in [1.82, 2.24) is 5.06 Å². The van der Waals surface area contributed by atoms with Gasteiger partial charge in [0.05, 0.1) is 0 Å². The SMILES string of the molecule is C=C(O)ON1CCCCC1. The maximum absolute atomic E-state index is 8.65. The monoisotopic (exact) mass is 143 g/mol. The normalized spacial score (nSPS) is 20.4. The second-order valence-electron chi connectivity index (χ2n) is 2.47. The minimum Gasteiger partial charge on any atom is -0.480 e. The topological polar surface area (TPSA) is 32.7 Å². The average Bonchev–Trinajstić information content (AvgIpc) is 1.88. The Kier molecular flexibility index (Phi) is 2.57. The molecule has 0 unspecified atom stereocenters. The molecule has 58 valence electrons. The average molecular weight is 143 g/mol. The van der Waals surface area contributed by atoms with Gasteiger partial charge in [0.25, 0.3) is 5.95 Å². The standard InChI is InChI=1S/C7H13NO2/c1-7(9)10-8-5-3-2-4-6-8/h9H,1-6H2. The van der Waals surface area contributed by atoms with Gasteiger partial charge in [0.1, 0.15) is 0 Å². The van der Waals surface area contributed by atoms with Crippen molar-refractivity contribution in [2.45, 2.75) is 19.3 Å². The molecule has 1 aliphatic rings. The molecular weight excluding hydrogens is 130 g/mol. The molecule has 1 saturated heterocycles. The van der Waals surface area contributed by atoms with Gasteiger partial charge >= 0.3 is 0 Å². The van der Waals surface area contributed by atoms with Crippen molar-refractivity contribution in [2.75, 3.05) is 13.1 Å². The summed E-state index contributed by atoms with van der Waals surface area (Å²) in [6.45, 7) is 5.05. The lowest BCUT2D eigenvalue weighted by atomic mass is 10.2. The third kappa shape index (κ3) is 2.27. The van der Waals surface area contributed by atoms with E-state index in [-0.39, 0.29) is 5.95 Å². The van der Waals surface area contributed by atoms with Crippen LogP contribution in [0.5, 0.6) is 0 Å². The Labute approximate surface area is 60.9 Å². The van der Waals surface area contributed by atoms with E-state index in [1.54, 1.807) is 5.06 Å². The molecule has 3 heteroatoms. The number of hydrogen-bond acceptors (Lipinski definition) is 3. The van der Waals surface area contributed by atoms with Crippen molar-refractivity contribution in [2.24, 2.45) is 0 Å². The summed E-state index contributed by atoms with van der Waals surface area (Å²) in [7, 11) is 0. The van der Waals surface area contributed by atoms with E-state index in [0.29, 0.717) is 0 Å². The summed E-state index contributed by atoms with van der Waals surface area (Å²) in [6, 6.07) is 0. The molecule has 0 aromatic carbocycles. The molecule has 0 aromatic rings. The summed E-state index contributed by atoms with van der Waals surface area (Å²) in [5, 5.41) is 10.4. The highest BCUT2D eigenvalue weighted by Crippen LogP contribution is 2.09. The molecule has 1 heterocycles. The zero-order valence-corrected chi connectivity index (χ0v) is 6.05. The van der Waals surface area contributed by atoms with Gasteiger partial charge in [-0.3, -0.25) is 0 Å². The van der Waals surface area contributed by atoms with Crippen LogP contribution in [0.2, 0.25) is 0 Å². The van der Waals surface area contributed by atoms with Crippen LogP contribution >= 0.6 is 0 Å². The van der Waals surface area contributed by atoms with Gasteiger partial charge in [0, 0.05) is 13.1 Å². The second kappa shape index (κ2) is 3.46. The first kappa shape index (κ1) is 7.41. The quantitative estimate of drug-likeness (QED) is 0.593. The molecule has 1 N–H and O–H groups in total. The van der Waals surface area contributed by atoms with E-state index in [1.807, 2.05) is 0 Å². The Morgan fingerprint density at radius 3 is 2.40 bits per heavy atom. The Hall–Kier alpha value is -0.700. The predicted molar refractivity (Wildman–Crippen MR) is 38.3 cm³/mol. The van der Waals surface area contributed by atoms with Gasteiger partial charge in [-0.1, -0.05) is 6.42 Å². The first-order valence-electron chi connectivity index (χ1n) is 3.60. The van der Waals surface area contributed by atoms with Crippen LogP contribution in [0.3, 0.4) is 0 Å². The number of piperidine rings is 1. The molecular formula is C7H13NO2. The third-order valence-corrected chi connectivity index (χ3v) is 1.55. The summed E-state index contributed by atoms with van der Waals surface area (Å²) >= 11 is 0. The zero-order chi connectivity index (χ0) is 7.40. The molecule has 0 atom stereocenters. The lowest BCUT2D eigenvalue weighted by molar-refractivity contribution is -0.164. The Bertz CT molecular complexity index is 119. The number of aliphatic hydroxyl groups excluding tert-OH is 1. The van der Waals surface area contributed by atoms with Crippen LogP contribution in [0.15, 0.2) is 12.5 Å². The molecule has 1 aliphatic heterocycles. The van der Waals surface area contributed by atoms with Gasteiger partial charge in [0.2, 0.25) is 0 Å². The van der Waals surface area contributed by atoms with Gasteiger partial charge < -0.3 is 9.94 Å². The molecule has 3 nitrogen and oxygen atoms in total. The third-order valence-electron chi connectivity index (χ3n) is 1.55. The van der Waals surface area contributed by atoms with Crippen molar-refractivity contribution < 1.29 is 9.94 Å². The molecule has 0 saturated carbocycles. The first-order chi connectivity index (χ1) is 4.79. The highest BCUT2D eigenvalue weighted by molar-refractivity contribution is 4.64. The first-order valence-corrected chi connectivity index (χ1v) is 3.60.